The van der Waals surface area contributed by atoms with Crippen molar-refractivity contribution < 1.29 is 14.3 Å². The minimum absolute atomic E-state index is 0.0327. The molecular formula is C18H26N2O3. The third kappa shape index (κ3) is 4.67. The molecule has 1 saturated heterocycles. The summed E-state index contributed by atoms with van der Waals surface area (Å²) in [4.78, 5) is 16.6. The maximum atomic E-state index is 12.3. The van der Waals surface area contributed by atoms with E-state index in [4.69, 9.17) is 9.47 Å². The minimum atomic E-state index is -0.0327. The Hall–Kier alpha value is -1.62. The van der Waals surface area contributed by atoms with Gasteiger partial charge < -0.3 is 14.8 Å². The Morgan fingerprint density at radius 2 is 1.91 bits per heavy atom. The first-order chi connectivity index (χ1) is 11.2. The van der Waals surface area contributed by atoms with Crippen LogP contribution in [0.1, 0.15) is 55.8 Å². The van der Waals surface area contributed by atoms with Gasteiger partial charge in [0.15, 0.2) is 0 Å². The maximum Gasteiger partial charge on any atom is 0.253 e. The second-order valence-corrected chi connectivity index (χ2v) is 6.74. The summed E-state index contributed by atoms with van der Waals surface area (Å²) >= 11 is 0. The smallest absolute Gasteiger partial charge is 0.253 e. The average molecular weight is 318 g/mol. The van der Waals surface area contributed by atoms with Crippen molar-refractivity contribution in [1.82, 2.24) is 10.3 Å². The lowest BCUT2D eigenvalue weighted by molar-refractivity contribution is 0.0237. The first kappa shape index (κ1) is 16.2. The lowest BCUT2D eigenvalue weighted by atomic mass is 9.87. The monoisotopic (exact) mass is 318 g/mol. The number of rotatable bonds is 4. The summed E-state index contributed by atoms with van der Waals surface area (Å²) < 4.78 is 11.1. The van der Waals surface area contributed by atoms with Gasteiger partial charge in [-0.15, -0.1) is 0 Å². The summed E-state index contributed by atoms with van der Waals surface area (Å²) in [5.74, 6) is 1.33. The number of pyridine rings is 1. The summed E-state index contributed by atoms with van der Waals surface area (Å²) in [6.07, 6.45) is 8.10. The third-order valence-corrected chi connectivity index (χ3v) is 4.81. The van der Waals surface area contributed by atoms with Crippen molar-refractivity contribution in [3.63, 3.8) is 0 Å². The minimum Gasteiger partial charge on any atom is -0.474 e. The number of carbonyl (C=O) groups excluding carboxylic acids is 1. The molecule has 0 atom stereocenters. The Morgan fingerprint density at radius 3 is 2.57 bits per heavy atom. The lowest BCUT2D eigenvalue weighted by Crippen LogP contribution is -2.37. The second-order valence-electron chi connectivity index (χ2n) is 6.74. The van der Waals surface area contributed by atoms with E-state index in [-0.39, 0.29) is 12.0 Å². The van der Waals surface area contributed by atoms with Crippen LogP contribution in [-0.2, 0) is 4.74 Å². The van der Waals surface area contributed by atoms with Crippen molar-refractivity contribution >= 4 is 5.91 Å². The molecule has 0 spiro atoms. The van der Waals surface area contributed by atoms with Crippen LogP contribution in [0, 0.1) is 5.92 Å². The zero-order valence-corrected chi connectivity index (χ0v) is 13.8. The highest BCUT2D eigenvalue weighted by molar-refractivity contribution is 5.94. The summed E-state index contributed by atoms with van der Waals surface area (Å²) in [6, 6.07) is 3.88. The molecule has 1 aliphatic carbocycles. The van der Waals surface area contributed by atoms with Crippen LogP contribution in [-0.4, -0.2) is 36.3 Å². The van der Waals surface area contributed by atoms with Gasteiger partial charge in [-0.3, -0.25) is 4.79 Å². The first-order valence-electron chi connectivity index (χ1n) is 8.72. The Morgan fingerprint density at radius 1 is 1.17 bits per heavy atom. The van der Waals surface area contributed by atoms with E-state index in [1.807, 2.05) is 0 Å². The maximum absolute atomic E-state index is 12.3. The largest absolute Gasteiger partial charge is 0.474 e. The number of amides is 1. The number of hydrogen-bond acceptors (Lipinski definition) is 4. The molecule has 1 amide bonds. The topological polar surface area (TPSA) is 60.5 Å². The van der Waals surface area contributed by atoms with Gasteiger partial charge in [-0.05, 0) is 37.7 Å². The van der Waals surface area contributed by atoms with Gasteiger partial charge in [-0.25, -0.2) is 4.98 Å². The molecule has 5 nitrogen and oxygen atoms in total. The van der Waals surface area contributed by atoms with Gasteiger partial charge in [-0.1, -0.05) is 6.92 Å². The van der Waals surface area contributed by atoms with Crippen molar-refractivity contribution in [1.29, 1.82) is 0 Å². The predicted molar refractivity (Wildman–Crippen MR) is 87.6 cm³/mol. The molecule has 0 unspecified atom stereocenters. The zero-order valence-electron chi connectivity index (χ0n) is 13.8. The van der Waals surface area contributed by atoms with Gasteiger partial charge in [0.25, 0.3) is 5.91 Å². The van der Waals surface area contributed by atoms with Crippen LogP contribution in [0.2, 0.25) is 0 Å². The number of nitrogens with one attached hydrogen (secondary N) is 1. The molecule has 5 heteroatoms. The van der Waals surface area contributed by atoms with E-state index < -0.39 is 0 Å². The van der Waals surface area contributed by atoms with Crippen LogP contribution in [0.25, 0.3) is 0 Å². The van der Waals surface area contributed by atoms with Gasteiger partial charge in [0, 0.05) is 31.1 Å². The standard InChI is InChI=1S/C18H26N2O3/c1-13-2-5-15(6-3-13)20-18(21)14-4-7-17(19-12-14)23-16-8-10-22-11-9-16/h4,7,12-13,15-16H,2-3,5-6,8-11H2,1H3,(H,20,21). The fraction of sp³-hybridized carbons (Fsp3) is 0.667. The molecule has 0 aromatic carbocycles. The molecule has 2 heterocycles. The molecule has 0 radical (unpaired) electrons. The fourth-order valence-corrected chi connectivity index (χ4v) is 3.22. The Balaban J connectivity index is 1.50. The number of carbonyl (C=O) groups is 1. The van der Waals surface area contributed by atoms with Gasteiger partial charge >= 0.3 is 0 Å². The van der Waals surface area contributed by atoms with Gasteiger partial charge in [0.05, 0.1) is 18.8 Å². The SMILES string of the molecule is CC1CCC(NC(=O)c2ccc(OC3CCOCC3)nc2)CC1. The molecular weight excluding hydrogens is 292 g/mol. The van der Waals surface area contributed by atoms with Crippen LogP contribution in [0.15, 0.2) is 18.3 Å². The normalized spacial score (nSPS) is 25.8. The molecule has 2 fully saturated rings. The third-order valence-electron chi connectivity index (χ3n) is 4.81. The molecule has 2 aliphatic rings. The van der Waals surface area contributed by atoms with E-state index in [0.717, 1.165) is 44.8 Å². The van der Waals surface area contributed by atoms with Crippen molar-refractivity contribution in [3.8, 4) is 5.88 Å². The molecule has 1 aromatic rings. The van der Waals surface area contributed by atoms with E-state index in [2.05, 4.69) is 17.2 Å². The summed E-state index contributed by atoms with van der Waals surface area (Å²) in [6.45, 7) is 3.76. The van der Waals surface area contributed by atoms with Gasteiger partial charge in [0.2, 0.25) is 5.88 Å². The van der Waals surface area contributed by atoms with Crippen LogP contribution < -0.4 is 10.1 Å². The Bertz CT molecular complexity index is 504. The molecule has 0 bridgehead atoms. The fourth-order valence-electron chi connectivity index (χ4n) is 3.22. The van der Waals surface area contributed by atoms with Crippen molar-refractivity contribution in [2.45, 2.75) is 57.6 Å². The zero-order chi connectivity index (χ0) is 16.1. The Kier molecular flexibility index (Phi) is 5.49. The van der Waals surface area contributed by atoms with E-state index >= 15 is 0 Å². The summed E-state index contributed by atoms with van der Waals surface area (Å²) in [7, 11) is 0. The van der Waals surface area contributed by atoms with Crippen LogP contribution >= 0.6 is 0 Å². The van der Waals surface area contributed by atoms with Crippen LogP contribution in [0.3, 0.4) is 0 Å². The van der Waals surface area contributed by atoms with E-state index in [1.54, 1.807) is 18.3 Å². The molecule has 1 saturated carbocycles. The molecule has 1 N–H and O–H groups in total. The van der Waals surface area contributed by atoms with E-state index in [0.29, 0.717) is 17.5 Å². The van der Waals surface area contributed by atoms with Crippen LogP contribution in [0.4, 0.5) is 0 Å². The van der Waals surface area contributed by atoms with Crippen molar-refractivity contribution in [2.24, 2.45) is 5.92 Å². The number of hydrogen-bond donors (Lipinski definition) is 1. The summed E-state index contributed by atoms with van der Waals surface area (Å²) in [5.41, 5.74) is 0.600. The highest BCUT2D eigenvalue weighted by Crippen LogP contribution is 2.23. The number of nitrogens with zero attached hydrogens (tertiary/aromatic N) is 1. The van der Waals surface area contributed by atoms with Crippen LogP contribution in [0.5, 0.6) is 5.88 Å². The summed E-state index contributed by atoms with van der Waals surface area (Å²) in [5, 5.41) is 3.12. The second kappa shape index (κ2) is 7.77. The molecule has 1 aromatic heterocycles. The van der Waals surface area contributed by atoms with Gasteiger partial charge in [-0.2, -0.15) is 0 Å². The predicted octanol–water partition coefficient (Wildman–Crippen LogP) is 2.95. The van der Waals surface area contributed by atoms with Crippen molar-refractivity contribution in [3.05, 3.63) is 23.9 Å². The highest BCUT2D eigenvalue weighted by Gasteiger charge is 2.21. The van der Waals surface area contributed by atoms with E-state index in [1.165, 1.54) is 12.8 Å². The van der Waals surface area contributed by atoms with Gasteiger partial charge in [0.1, 0.15) is 6.10 Å². The van der Waals surface area contributed by atoms with Crippen molar-refractivity contribution in [2.75, 3.05) is 13.2 Å². The Labute approximate surface area is 137 Å². The molecule has 3 rings (SSSR count). The highest BCUT2D eigenvalue weighted by atomic mass is 16.5. The number of aromatic nitrogens is 1. The average Bonchev–Trinajstić information content (AvgIpc) is 2.58. The quantitative estimate of drug-likeness (QED) is 0.927. The molecule has 126 valence electrons. The number of ether oxygens (including phenoxy) is 2. The first-order valence-corrected chi connectivity index (χ1v) is 8.72. The molecule has 23 heavy (non-hydrogen) atoms. The molecule has 1 aliphatic heterocycles. The van der Waals surface area contributed by atoms with E-state index in [9.17, 15) is 4.79 Å². The lowest BCUT2D eigenvalue weighted by Gasteiger charge is -2.26.